The lowest BCUT2D eigenvalue weighted by molar-refractivity contribution is -0.0166. The van der Waals surface area contributed by atoms with Gasteiger partial charge in [0.1, 0.15) is 6.61 Å². The van der Waals surface area contributed by atoms with E-state index in [1.807, 2.05) is 20.8 Å². The van der Waals surface area contributed by atoms with Crippen molar-refractivity contribution in [3.63, 3.8) is 0 Å². The summed E-state index contributed by atoms with van der Waals surface area (Å²) in [7, 11) is 0. The average Bonchev–Trinajstić information content (AvgIpc) is 2.33. The van der Waals surface area contributed by atoms with E-state index in [1.54, 1.807) is 12.1 Å². The third kappa shape index (κ3) is 6.47. The minimum absolute atomic E-state index is 0.180. The molecule has 0 saturated heterocycles. The van der Waals surface area contributed by atoms with Gasteiger partial charge >= 0.3 is 0 Å². The van der Waals surface area contributed by atoms with Crippen molar-refractivity contribution < 1.29 is 13.9 Å². The van der Waals surface area contributed by atoms with Gasteiger partial charge in [-0.25, -0.2) is 4.39 Å². The summed E-state index contributed by atoms with van der Waals surface area (Å²) < 4.78 is 24.4. The Labute approximate surface area is 118 Å². The van der Waals surface area contributed by atoms with Crippen LogP contribution in [0.4, 0.5) is 4.39 Å². The highest BCUT2D eigenvalue weighted by molar-refractivity contribution is 6.19. The molecule has 0 amide bonds. The first-order chi connectivity index (χ1) is 8.92. The van der Waals surface area contributed by atoms with E-state index in [2.05, 4.69) is 11.8 Å². The smallest absolute Gasteiger partial charge is 0.165 e. The van der Waals surface area contributed by atoms with E-state index in [1.165, 1.54) is 6.07 Å². The van der Waals surface area contributed by atoms with Crippen LogP contribution < -0.4 is 4.74 Å². The van der Waals surface area contributed by atoms with Gasteiger partial charge in [-0.3, -0.25) is 0 Å². The maximum Gasteiger partial charge on any atom is 0.165 e. The fourth-order valence-corrected chi connectivity index (χ4v) is 1.39. The first-order valence-corrected chi connectivity index (χ1v) is 6.57. The highest BCUT2D eigenvalue weighted by Crippen LogP contribution is 2.18. The first-order valence-electron chi connectivity index (χ1n) is 6.03. The van der Waals surface area contributed by atoms with Gasteiger partial charge in [0.2, 0.25) is 0 Å². The summed E-state index contributed by atoms with van der Waals surface area (Å²) in [5.41, 5.74) is 0.448. The Bertz CT molecular complexity index is 469. The maximum absolute atomic E-state index is 13.5. The summed E-state index contributed by atoms with van der Waals surface area (Å²) in [5.74, 6) is 5.54. The van der Waals surface area contributed by atoms with Crippen LogP contribution in [0.15, 0.2) is 18.2 Å². The Morgan fingerprint density at radius 1 is 1.26 bits per heavy atom. The predicted octanol–water partition coefficient (Wildman–Crippen LogP) is 3.61. The third-order valence-electron chi connectivity index (χ3n) is 2.11. The summed E-state index contributed by atoms with van der Waals surface area (Å²) in [4.78, 5) is 0. The van der Waals surface area contributed by atoms with Crippen LogP contribution in [0.25, 0.3) is 0 Å². The molecule has 19 heavy (non-hydrogen) atoms. The van der Waals surface area contributed by atoms with Crippen LogP contribution in [0.1, 0.15) is 26.3 Å². The number of hydrogen-bond donors (Lipinski definition) is 0. The normalized spacial score (nSPS) is 10.8. The summed E-state index contributed by atoms with van der Waals surface area (Å²) >= 11 is 5.47. The van der Waals surface area contributed by atoms with Crippen LogP contribution in [0.5, 0.6) is 5.75 Å². The minimum Gasteiger partial charge on any atom is -0.488 e. The molecule has 2 nitrogen and oxygen atoms in total. The highest BCUT2D eigenvalue weighted by Gasteiger charge is 2.10. The lowest BCUT2D eigenvalue weighted by Gasteiger charge is -2.19. The Morgan fingerprint density at radius 3 is 2.63 bits per heavy atom. The summed E-state index contributed by atoms with van der Waals surface area (Å²) in [5, 5.41) is 0. The molecule has 1 aromatic carbocycles. The molecule has 0 atom stereocenters. The molecule has 0 aliphatic heterocycles. The van der Waals surface area contributed by atoms with Crippen molar-refractivity contribution in [3.05, 3.63) is 29.6 Å². The predicted molar refractivity (Wildman–Crippen MR) is 75.2 cm³/mol. The van der Waals surface area contributed by atoms with Crippen LogP contribution in [0, 0.1) is 17.7 Å². The van der Waals surface area contributed by atoms with Gasteiger partial charge in [0, 0.05) is 5.56 Å². The molecule has 0 bridgehead atoms. The number of rotatable bonds is 4. The number of halogens is 2. The van der Waals surface area contributed by atoms with E-state index in [0.29, 0.717) is 18.8 Å². The molecule has 0 heterocycles. The van der Waals surface area contributed by atoms with Gasteiger partial charge in [-0.05, 0) is 39.0 Å². The molecular formula is C15H18ClFO2. The second-order valence-electron chi connectivity index (χ2n) is 4.89. The van der Waals surface area contributed by atoms with Gasteiger partial charge in [0.15, 0.2) is 11.6 Å². The van der Waals surface area contributed by atoms with Crippen molar-refractivity contribution in [2.24, 2.45) is 0 Å². The number of hydrogen-bond acceptors (Lipinski definition) is 2. The summed E-state index contributed by atoms with van der Waals surface area (Å²) in [6.45, 7) is 6.56. The van der Waals surface area contributed by atoms with Crippen molar-refractivity contribution in [2.75, 3.05) is 19.1 Å². The van der Waals surface area contributed by atoms with Gasteiger partial charge in [-0.1, -0.05) is 11.8 Å². The number of ether oxygens (including phenoxy) is 2. The van der Waals surface area contributed by atoms with Gasteiger partial charge in [-0.15, -0.1) is 11.6 Å². The number of benzene rings is 1. The summed E-state index contributed by atoms with van der Waals surface area (Å²) in [6, 6.07) is 4.48. The zero-order valence-electron chi connectivity index (χ0n) is 11.4. The van der Waals surface area contributed by atoms with Crippen molar-refractivity contribution in [2.45, 2.75) is 26.4 Å². The third-order valence-corrected chi connectivity index (χ3v) is 2.24. The fraction of sp³-hybridized carbons (Fsp3) is 0.467. The Balaban J connectivity index is 2.57. The van der Waals surface area contributed by atoms with Gasteiger partial charge in [0.25, 0.3) is 0 Å². The van der Waals surface area contributed by atoms with Crippen LogP contribution >= 0.6 is 11.6 Å². The van der Waals surface area contributed by atoms with Crippen molar-refractivity contribution >= 4 is 11.6 Å². The van der Waals surface area contributed by atoms with Crippen LogP contribution in [0.3, 0.4) is 0 Å². The molecule has 0 unspecified atom stereocenters. The van der Waals surface area contributed by atoms with E-state index in [0.717, 1.165) is 0 Å². The van der Waals surface area contributed by atoms with Gasteiger partial charge in [-0.2, -0.15) is 0 Å². The average molecular weight is 285 g/mol. The van der Waals surface area contributed by atoms with E-state index in [4.69, 9.17) is 21.1 Å². The van der Waals surface area contributed by atoms with Crippen LogP contribution in [-0.2, 0) is 4.74 Å². The van der Waals surface area contributed by atoms with Crippen LogP contribution in [-0.4, -0.2) is 24.7 Å². The molecule has 0 N–H and O–H groups in total. The standard InChI is InChI=1S/C15H18ClFO2/c1-15(2,3)19-10-9-18-14-11-12(5-4-8-16)6-7-13(14)17/h6-7,11H,8-10H2,1-3H3. The zero-order valence-corrected chi connectivity index (χ0v) is 12.2. The van der Waals surface area contributed by atoms with E-state index >= 15 is 0 Å². The lowest BCUT2D eigenvalue weighted by atomic mass is 10.2. The largest absolute Gasteiger partial charge is 0.488 e. The molecule has 0 spiro atoms. The Morgan fingerprint density at radius 2 is 2.00 bits per heavy atom. The van der Waals surface area contributed by atoms with Crippen molar-refractivity contribution in [1.29, 1.82) is 0 Å². The molecular weight excluding hydrogens is 267 g/mol. The second-order valence-corrected chi connectivity index (χ2v) is 5.16. The second kappa shape index (κ2) is 7.37. The SMILES string of the molecule is CC(C)(C)OCCOc1cc(C#CCCl)ccc1F. The monoisotopic (exact) mass is 284 g/mol. The molecule has 4 heteroatoms. The Kier molecular flexibility index (Phi) is 6.14. The molecule has 1 aromatic rings. The lowest BCUT2D eigenvalue weighted by Crippen LogP contribution is -2.22. The van der Waals surface area contributed by atoms with E-state index in [9.17, 15) is 4.39 Å². The highest BCUT2D eigenvalue weighted by atomic mass is 35.5. The van der Waals surface area contributed by atoms with Crippen LogP contribution in [0.2, 0.25) is 0 Å². The molecule has 0 fully saturated rings. The molecule has 0 aromatic heterocycles. The van der Waals surface area contributed by atoms with Crippen molar-refractivity contribution in [3.8, 4) is 17.6 Å². The van der Waals surface area contributed by atoms with E-state index < -0.39 is 5.82 Å². The minimum atomic E-state index is -0.410. The first kappa shape index (κ1) is 15.8. The maximum atomic E-state index is 13.5. The van der Waals surface area contributed by atoms with Gasteiger partial charge < -0.3 is 9.47 Å². The molecule has 0 aliphatic rings. The zero-order chi connectivity index (χ0) is 14.3. The fourth-order valence-electron chi connectivity index (χ4n) is 1.33. The molecule has 0 aliphatic carbocycles. The topological polar surface area (TPSA) is 18.5 Å². The number of alkyl halides is 1. The quantitative estimate of drug-likeness (QED) is 0.478. The van der Waals surface area contributed by atoms with E-state index in [-0.39, 0.29) is 17.2 Å². The molecule has 0 radical (unpaired) electrons. The molecule has 1 rings (SSSR count). The Hall–Kier alpha value is -1.24. The summed E-state index contributed by atoms with van der Waals surface area (Å²) in [6.07, 6.45) is 0. The van der Waals surface area contributed by atoms with Crippen molar-refractivity contribution in [1.82, 2.24) is 0 Å². The molecule has 0 saturated carbocycles. The molecule has 104 valence electrons. The van der Waals surface area contributed by atoms with Gasteiger partial charge in [0.05, 0.1) is 18.1 Å².